The minimum atomic E-state index is -3.27. The predicted octanol–water partition coefficient (Wildman–Crippen LogP) is 5.05. The Kier molecular flexibility index (Phi) is 19.1. The quantitative estimate of drug-likeness (QED) is 0.230. The molecule has 0 fully saturated rings. The molecule has 124 valence electrons. The second kappa shape index (κ2) is 16.9. The van der Waals surface area contributed by atoms with Gasteiger partial charge in [0.2, 0.25) is 0 Å². The summed E-state index contributed by atoms with van der Waals surface area (Å²) < 4.78 is 28.3. The van der Waals surface area contributed by atoms with Crippen LogP contribution in [-0.4, -0.2) is 20.8 Å². The molecule has 21 heavy (non-hydrogen) atoms. The van der Waals surface area contributed by atoms with E-state index in [0.717, 1.165) is 32.1 Å². The number of unbranched alkanes of at least 4 members (excludes halogenated alkanes) is 10. The van der Waals surface area contributed by atoms with Crippen LogP contribution in [-0.2, 0) is 33.8 Å². The van der Waals surface area contributed by atoms with E-state index < -0.39 is 10.1 Å². The summed E-state index contributed by atoms with van der Waals surface area (Å²) in [5.74, 6) is 0.189. The van der Waals surface area contributed by atoms with Gasteiger partial charge in [0.1, 0.15) is 0 Å². The Balaban J connectivity index is 0. The number of hydrogen-bond acceptors (Lipinski definition) is 3. The summed E-state index contributed by atoms with van der Waals surface area (Å²) in [5, 5.41) is 0. The van der Waals surface area contributed by atoms with Crippen LogP contribution in [0.25, 0.3) is 0 Å². The maximum absolute atomic E-state index is 11.6. The predicted molar refractivity (Wildman–Crippen MR) is 86.5 cm³/mol. The summed E-state index contributed by atoms with van der Waals surface area (Å²) in [5.41, 5.74) is 0. The van der Waals surface area contributed by atoms with Crippen molar-refractivity contribution in [3.63, 3.8) is 0 Å². The fraction of sp³-hybridized carbons (Fsp3) is 1.00. The third-order valence-electron chi connectivity index (χ3n) is 3.51. The number of hydrogen-bond donors (Lipinski definition) is 0. The van der Waals surface area contributed by atoms with Crippen LogP contribution in [0.4, 0.5) is 0 Å². The number of rotatable bonds is 15. The van der Waals surface area contributed by atoms with Crippen molar-refractivity contribution in [1.29, 1.82) is 0 Å². The van der Waals surface area contributed by atoms with Gasteiger partial charge in [-0.1, -0.05) is 78.1 Å². The summed E-state index contributed by atoms with van der Waals surface area (Å²) in [6.07, 6.45) is 13.5. The van der Waals surface area contributed by atoms with E-state index in [1.807, 2.05) is 0 Å². The van der Waals surface area contributed by atoms with Crippen LogP contribution in [0, 0.1) is 0 Å². The molecular formula is C16H34O3SZn. The van der Waals surface area contributed by atoms with Gasteiger partial charge in [-0.25, -0.2) is 0 Å². The Hall–Kier alpha value is 0.533. The van der Waals surface area contributed by atoms with Gasteiger partial charge in [0.15, 0.2) is 0 Å². The first kappa shape index (κ1) is 23.8. The van der Waals surface area contributed by atoms with E-state index in [2.05, 4.69) is 13.8 Å². The fourth-order valence-corrected chi connectivity index (χ4v) is 3.23. The molecule has 0 amide bonds. The molecule has 5 heteroatoms. The molecule has 0 aliphatic rings. The van der Waals surface area contributed by atoms with E-state index in [1.54, 1.807) is 0 Å². The molecule has 0 aliphatic carbocycles. The Labute approximate surface area is 145 Å². The summed E-state index contributed by atoms with van der Waals surface area (Å²) in [6.45, 7) is 4.74. The zero-order chi connectivity index (χ0) is 15.1. The molecule has 0 aromatic rings. The van der Waals surface area contributed by atoms with Gasteiger partial charge in [-0.15, -0.1) is 0 Å². The molecule has 0 bridgehead atoms. The van der Waals surface area contributed by atoms with E-state index in [9.17, 15) is 8.42 Å². The first-order chi connectivity index (χ1) is 9.62. The SMILES string of the molecule is CCCCCCCCOS(=O)(=O)CCCCCCCC.[Zn]. The van der Waals surface area contributed by atoms with Gasteiger partial charge in [0.05, 0.1) is 12.4 Å². The minimum Gasteiger partial charge on any atom is -0.270 e. The molecule has 0 unspecified atom stereocenters. The van der Waals surface area contributed by atoms with Crippen molar-refractivity contribution in [3.05, 3.63) is 0 Å². The van der Waals surface area contributed by atoms with Crippen molar-refractivity contribution in [2.45, 2.75) is 90.9 Å². The first-order valence-electron chi connectivity index (χ1n) is 8.49. The normalized spacial score (nSPS) is 11.3. The molecular weight excluding hydrogens is 338 g/mol. The molecule has 0 aliphatic heterocycles. The smallest absolute Gasteiger partial charge is 0.267 e. The zero-order valence-corrected chi connectivity index (χ0v) is 18.0. The van der Waals surface area contributed by atoms with Crippen LogP contribution in [0.3, 0.4) is 0 Å². The van der Waals surface area contributed by atoms with Crippen molar-refractivity contribution in [3.8, 4) is 0 Å². The second-order valence-corrected chi connectivity index (χ2v) is 7.38. The van der Waals surface area contributed by atoms with Gasteiger partial charge in [0.25, 0.3) is 10.1 Å². The molecule has 0 rings (SSSR count). The average molecular weight is 372 g/mol. The van der Waals surface area contributed by atoms with Crippen molar-refractivity contribution >= 4 is 10.1 Å². The molecule has 3 nitrogen and oxygen atoms in total. The molecule has 0 saturated heterocycles. The largest absolute Gasteiger partial charge is 0.270 e. The minimum absolute atomic E-state index is 0. The Bertz CT molecular complexity index is 292. The van der Waals surface area contributed by atoms with Gasteiger partial charge >= 0.3 is 0 Å². The summed E-state index contributed by atoms with van der Waals surface area (Å²) in [4.78, 5) is 0. The van der Waals surface area contributed by atoms with Crippen LogP contribution in [0.2, 0.25) is 0 Å². The molecule has 0 aromatic carbocycles. The van der Waals surface area contributed by atoms with E-state index in [4.69, 9.17) is 4.18 Å². The van der Waals surface area contributed by atoms with Gasteiger partial charge < -0.3 is 0 Å². The summed E-state index contributed by atoms with van der Waals surface area (Å²) >= 11 is 0. The Morgan fingerprint density at radius 2 is 1.10 bits per heavy atom. The van der Waals surface area contributed by atoms with E-state index >= 15 is 0 Å². The van der Waals surface area contributed by atoms with E-state index in [-0.39, 0.29) is 25.2 Å². The Morgan fingerprint density at radius 3 is 1.62 bits per heavy atom. The maximum atomic E-state index is 11.6. The van der Waals surface area contributed by atoms with Crippen molar-refractivity contribution in [1.82, 2.24) is 0 Å². The standard InChI is InChI=1S/C16H34O3S.Zn/c1-3-5-7-9-11-13-15-19-20(17,18)16-14-12-10-8-6-4-2;/h3-16H2,1-2H3;. The van der Waals surface area contributed by atoms with Crippen LogP contribution in [0.5, 0.6) is 0 Å². The van der Waals surface area contributed by atoms with Crippen molar-refractivity contribution in [2.75, 3.05) is 12.4 Å². The summed E-state index contributed by atoms with van der Waals surface area (Å²) in [6, 6.07) is 0. The van der Waals surface area contributed by atoms with Crippen LogP contribution in [0.15, 0.2) is 0 Å². The Morgan fingerprint density at radius 1 is 0.667 bits per heavy atom. The van der Waals surface area contributed by atoms with E-state index in [1.165, 1.54) is 44.9 Å². The van der Waals surface area contributed by atoms with Gasteiger partial charge in [-0.05, 0) is 12.8 Å². The monoisotopic (exact) mass is 370 g/mol. The van der Waals surface area contributed by atoms with Crippen LogP contribution >= 0.6 is 0 Å². The fourth-order valence-electron chi connectivity index (χ4n) is 2.19. The maximum Gasteiger partial charge on any atom is 0.267 e. The summed E-state index contributed by atoms with van der Waals surface area (Å²) in [7, 11) is -3.27. The van der Waals surface area contributed by atoms with E-state index in [0.29, 0.717) is 6.61 Å². The molecule has 0 spiro atoms. The molecule has 0 heterocycles. The van der Waals surface area contributed by atoms with Gasteiger partial charge in [0, 0.05) is 19.5 Å². The van der Waals surface area contributed by atoms with Gasteiger partial charge in [-0.2, -0.15) is 8.42 Å². The topological polar surface area (TPSA) is 43.4 Å². The van der Waals surface area contributed by atoms with Gasteiger partial charge in [-0.3, -0.25) is 4.18 Å². The molecule has 0 radical (unpaired) electrons. The molecule has 0 atom stereocenters. The third kappa shape index (κ3) is 18.5. The molecule has 0 aromatic heterocycles. The average Bonchev–Trinajstić information content (AvgIpc) is 2.41. The third-order valence-corrected chi connectivity index (χ3v) is 4.82. The molecule has 0 saturated carbocycles. The van der Waals surface area contributed by atoms with Crippen molar-refractivity contribution < 1.29 is 32.1 Å². The second-order valence-electron chi connectivity index (χ2n) is 5.62. The zero-order valence-electron chi connectivity index (χ0n) is 14.2. The first-order valence-corrected chi connectivity index (χ1v) is 10.1. The van der Waals surface area contributed by atoms with Crippen LogP contribution in [0.1, 0.15) is 90.9 Å². The van der Waals surface area contributed by atoms with Crippen LogP contribution < -0.4 is 0 Å². The molecule has 0 N–H and O–H groups in total. The van der Waals surface area contributed by atoms with Crippen molar-refractivity contribution in [2.24, 2.45) is 0 Å².